The summed E-state index contributed by atoms with van der Waals surface area (Å²) in [6, 6.07) is 10.9. The molecule has 320 valence electrons. The molecule has 1 aliphatic rings. The molecule has 60 heavy (non-hydrogen) atoms. The number of H-pyrrole nitrogens is 1. The van der Waals surface area contributed by atoms with Gasteiger partial charge in [0.25, 0.3) is 5.91 Å². The number of ether oxygens (including phenoxy) is 1. The Morgan fingerprint density at radius 3 is 2.25 bits per heavy atom. The number of aromatic nitrogens is 4. The van der Waals surface area contributed by atoms with Crippen molar-refractivity contribution in [3.63, 3.8) is 0 Å². The molecule has 6 rings (SSSR count). The standard InChI is InChI=1S/C23H25ClN4O2S.C20H27N3O5S/c1-12-13(2)31-22-19(12)20(15-7-9-16(24)10-8-15)25-17(11-18(29)30-23(4,5)6)21-27-26-14(3)28(21)22;1-6-15-18(13(5)24)12(4)21-19(15)20(26)22-16-11-14(9-10-17(16)25)29(27,28)23(7-2)8-3/h7-10,17H,11H2,1-6H3;9-11,21,25H,6-8H2,1-5H3,(H,22,26)/t17-;/m0./s1. The molecule has 3 aromatic heterocycles. The molecule has 17 heteroatoms. The Hall–Kier alpha value is -5.16. The van der Waals surface area contributed by atoms with Gasteiger partial charge in [0, 0.05) is 45.4 Å². The van der Waals surface area contributed by atoms with Crippen molar-refractivity contribution in [3.8, 4) is 10.8 Å². The van der Waals surface area contributed by atoms with Gasteiger partial charge in [-0.05, 0) is 103 Å². The van der Waals surface area contributed by atoms with Crippen LogP contribution in [0.2, 0.25) is 5.02 Å². The molecule has 1 amide bonds. The zero-order valence-electron chi connectivity index (χ0n) is 35.8. The third-order valence-corrected chi connectivity index (χ3v) is 13.4. The van der Waals surface area contributed by atoms with E-state index in [0.717, 1.165) is 33.2 Å². The molecule has 0 aliphatic carbocycles. The summed E-state index contributed by atoms with van der Waals surface area (Å²) in [4.78, 5) is 46.6. The molecule has 0 saturated carbocycles. The smallest absolute Gasteiger partial charge is 0.308 e. The number of Topliss-reactive ketones (excluding diaryl/α,β-unsaturated/α-hetero) is 1. The van der Waals surface area contributed by atoms with Gasteiger partial charge in [0.2, 0.25) is 10.0 Å². The van der Waals surface area contributed by atoms with Crippen LogP contribution in [0.5, 0.6) is 5.75 Å². The topological polar surface area (TPSA) is 189 Å². The maximum Gasteiger partial charge on any atom is 0.308 e. The molecule has 0 bridgehead atoms. The first-order chi connectivity index (χ1) is 28.1. The lowest BCUT2D eigenvalue weighted by atomic mass is 9.99. The second-order valence-corrected chi connectivity index (χ2v) is 18.9. The first-order valence-electron chi connectivity index (χ1n) is 19.6. The Bertz CT molecular complexity index is 2580. The molecule has 0 unspecified atom stereocenters. The van der Waals surface area contributed by atoms with Crippen molar-refractivity contribution >= 4 is 62.0 Å². The van der Waals surface area contributed by atoms with Crippen molar-refractivity contribution in [1.29, 1.82) is 0 Å². The number of carbonyl (C=O) groups excluding carboxylic acids is 3. The number of amides is 1. The molecule has 1 aliphatic heterocycles. The number of aromatic amines is 1. The summed E-state index contributed by atoms with van der Waals surface area (Å²) in [6.07, 6.45) is 0.545. The number of sulfonamides is 1. The zero-order valence-corrected chi connectivity index (χ0v) is 38.2. The number of ketones is 1. The van der Waals surface area contributed by atoms with Crippen LogP contribution in [-0.4, -0.2) is 79.6 Å². The van der Waals surface area contributed by atoms with Gasteiger partial charge in [-0.3, -0.25) is 23.9 Å². The van der Waals surface area contributed by atoms with Gasteiger partial charge in [-0.25, -0.2) is 8.42 Å². The highest BCUT2D eigenvalue weighted by molar-refractivity contribution is 7.89. The highest BCUT2D eigenvalue weighted by Crippen LogP contribution is 2.40. The number of hydrogen-bond donors (Lipinski definition) is 3. The number of rotatable bonds is 11. The second kappa shape index (κ2) is 18.2. The number of fused-ring (bicyclic) bond motifs is 3. The van der Waals surface area contributed by atoms with Gasteiger partial charge in [-0.1, -0.05) is 44.5 Å². The predicted octanol–water partition coefficient (Wildman–Crippen LogP) is 8.61. The van der Waals surface area contributed by atoms with Crippen LogP contribution < -0.4 is 5.32 Å². The number of nitrogens with zero attached hydrogens (tertiary/aromatic N) is 5. The van der Waals surface area contributed by atoms with Gasteiger partial charge in [0.05, 0.1) is 22.7 Å². The predicted molar refractivity (Wildman–Crippen MR) is 235 cm³/mol. The Labute approximate surface area is 360 Å². The van der Waals surface area contributed by atoms with Crippen LogP contribution in [0.4, 0.5) is 5.69 Å². The number of benzene rings is 2. The van der Waals surface area contributed by atoms with Crippen molar-refractivity contribution in [3.05, 3.63) is 103 Å². The van der Waals surface area contributed by atoms with Gasteiger partial charge in [-0.15, -0.1) is 21.5 Å². The first-order valence-corrected chi connectivity index (χ1v) is 22.2. The lowest BCUT2D eigenvalue weighted by molar-refractivity contribution is -0.155. The molecule has 2 aromatic carbocycles. The summed E-state index contributed by atoms with van der Waals surface area (Å²) < 4.78 is 34.3. The van der Waals surface area contributed by atoms with Gasteiger partial charge >= 0.3 is 5.97 Å². The average Bonchev–Trinajstić information content (AvgIpc) is 3.79. The van der Waals surface area contributed by atoms with E-state index in [4.69, 9.17) is 21.3 Å². The van der Waals surface area contributed by atoms with Crippen molar-refractivity contribution in [2.75, 3.05) is 18.4 Å². The SMILES string of the molecule is CCc1c(C(=O)Nc2cc(S(=O)(=O)N(CC)CC)ccc2O)[nH]c(C)c1C(C)=O.Cc1sc2c(c1C)C(c1ccc(Cl)cc1)=N[C@@H](CC(=O)OC(C)(C)C)c1nnc(C)n1-2. The fraction of sp³-hybridized carbons (Fsp3) is 0.395. The maximum atomic E-state index is 12.8. The number of anilines is 1. The number of thiophene rings is 1. The zero-order chi connectivity index (χ0) is 44.4. The van der Waals surface area contributed by atoms with Crippen molar-refractivity contribution in [2.45, 2.75) is 106 Å². The molecule has 1 atom stereocenters. The third kappa shape index (κ3) is 9.57. The van der Waals surface area contributed by atoms with Gasteiger partial charge in [0.15, 0.2) is 11.6 Å². The summed E-state index contributed by atoms with van der Waals surface area (Å²) >= 11 is 7.82. The minimum atomic E-state index is -3.75. The molecular formula is C43H52ClN7O7S2. The highest BCUT2D eigenvalue weighted by Gasteiger charge is 2.34. The van der Waals surface area contributed by atoms with E-state index in [9.17, 15) is 27.9 Å². The van der Waals surface area contributed by atoms with Crippen LogP contribution in [0.15, 0.2) is 52.4 Å². The lowest BCUT2D eigenvalue weighted by Gasteiger charge is -2.21. The Morgan fingerprint density at radius 1 is 1.02 bits per heavy atom. The van der Waals surface area contributed by atoms with E-state index >= 15 is 0 Å². The lowest BCUT2D eigenvalue weighted by Crippen LogP contribution is -2.30. The fourth-order valence-corrected chi connectivity index (χ4v) is 9.87. The number of carbonyl (C=O) groups is 3. The fourth-order valence-electron chi connectivity index (χ4n) is 7.05. The minimum absolute atomic E-state index is 0.0260. The average molecular weight is 879 g/mol. The van der Waals surface area contributed by atoms with Crippen LogP contribution in [-0.2, 0) is 26.0 Å². The van der Waals surface area contributed by atoms with E-state index in [0.29, 0.717) is 47.2 Å². The summed E-state index contributed by atoms with van der Waals surface area (Å²) in [5, 5.41) is 23.1. The summed E-state index contributed by atoms with van der Waals surface area (Å²) in [6.45, 7) is 20.7. The molecule has 0 spiro atoms. The Kier molecular flexibility index (Phi) is 13.9. The second-order valence-electron chi connectivity index (χ2n) is 15.3. The van der Waals surface area contributed by atoms with E-state index in [1.807, 2.05) is 63.5 Å². The van der Waals surface area contributed by atoms with Gasteiger partial charge < -0.3 is 20.1 Å². The number of hydrogen-bond acceptors (Lipinski definition) is 11. The molecule has 0 radical (unpaired) electrons. The summed E-state index contributed by atoms with van der Waals surface area (Å²) in [5.74, 6) is 0.121. The van der Waals surface area contributed by atoms with Crippen LogP contribution in [0.25, 0.3) is 5.00 Å². The maximum absolute atomic E-state index is 12.8. The van der Waals surface area contributed by atoms with Crippen molar-refractivity contribution in [1.82, 2.24) is 24.1 Å². The summed E-state index contributed by atoms with van der Waals surface area (Å²) in [7, 11) is -3.75. The van der Waals surface area contributed by atoms with E-state index in [-0.39, 0.29) is 40.2 Å². The van der Waals surface area contributed by atoms with Crippen LogP contribution in [0, 0.1) is 27.7 Å². The molecule has 3 N–H and O–H groups in total. The van der Waals surface area contributed by atoms with E-state index in [1.54, 1.807) is 32.1 Å². The van der Waals surface area contributed by atoms with Crippen molar-refractivity contribution < 1.29 is 32.6 Å². The number of phenols is 1. The van der Waals surface area contributed by atoms with Crippen LogP contribution in [0.1, 0.15) is 126 Å². The molecule has 14 nitrogen and oxygen atoms in total. The molecule has 4 heterocycles. The number of aromatic hydroxyl groups is 1. The van der Waals surface area contributed by atoms with Gasteiger partial charge in [-0.2, -0.15) is 4.31 Å². The summed E-state index contributed by atoms with van der Waals surface area (Å²) in [5.41, 5.74) is 5.23. The highest BCUT2D eigenvalue weighted by atomic mass is 35.5. The van der Waals surface area contributed by atoms with E-state index in [2.05, 4.69) is 34.3 Å². The monoisotopic (exact) mass is 877 g/mol. The molecule has 0 saturated heterocycles. The van der Waals surface area contributed by atoms with Gasteiger partial charge in [0.1, 0.15) is 33.9 Å². The number of esters is 1. The Balaban J connectivity index is 0.000000228. The number of aliphatic imine (C=N–C) groups is 1. The Morgan fingerprint density at radius 2 is 1.67 bits per heavy atom. The number of nitrogens with one attached hydrogen (secondary N) is 2. The van der Waals surface area contributed by atoms with Crippen LogP contribution >= 0.6 is 22.9 Å². The molecule has 0 fully saturated rings. The molecule has 5 aromatic rings. The quantitative estimate of drug-likeness (QED) is 0.0663. The van der Waals surface area contributed by atoms with Crippen LogP contribution in [0.3, 0.4) is 0 Å². The molecular weight excluding hydrogens is 826 g/mol. The minimum Gasteiger partial charge on any atom is -0.506 e. The van der Waals surface area contributed by atoms with E-state index < -0.39 is 27.6 Å². The van der Waals surface area contributed by atoms with E-state index in [1.165, 1.54) is 34.3 Å². The first kappa shape index (κ1) is 45.9. The number of halogens is 1. The number of phenolic OH excluding ortho intramolecular Hbond substituents is 1. The number of aryl methyl sites for hydroxylation is 3. The van der Waals surface area contributed by atoms with Crippen molar-refractivity contribution in [2.24, 2.45) is 4.99 Å². The third-order valence-electron chi connectivity index (χ3n) is 9.92. The normalized spacial score (nSPS) is 13.8. The largest absolute Gasteiger partial charge is 0.506 e.